The van der Waals surface area contributed by atoms with E-state index in [1.165, 1.54) is 23.3 Å². The van der Waals surface area contributed by atoms with E-state index in [9.17, 15) is 9.18 Å². The van der Waals surface area contributed by atoms with Crippen molar-refractivity contribution in [2.24, 2.45) is 0 Å². The highest BCUT2D eigenvalue weighted by molar-refractivity contribution is 5.95. The highest BCUT2D eigenvalue weighted by Gasteiger charge is 2.23. The number of hydrogen-bond acceptors (Lipinski definition) is 2. The van der Waals surface area contributed by atoms with Crippen LogP contribution in [0.5, 0.6) is 0 Å². The van der Waals surface area contributed by atoms with Crippen LogP contribution in [0.2, 0.25) is 0 Å². The summed E-state index contributed by atoms with van der Waals surface area (Å²) in [5.74, 6) is -0.224. The van der Waals surface area contributed by atoms with E-state index in [0.29, 0.717) is 18.0 Å². The zero-order valence-corrected chi connectivity index (χ0v) is 15.8. The van der Waals surface area contributed by atoms with Gasteiger partial charge in [-0.05, 0) is 56.1 Å². The summed E-state index contributed by atoms with van der Waals surface area (Å²) in [4.78, 5) is 14.7. The molecule has 0 bridgehead atoms. The molecular weight excluding hydrogens is 349 g/mol. The lowest BCUT2D eigenvalue weighted by Crippen LogP contribution is -2.33. The van der Waals surface area contributed by atoms with Crippen molar-refractivity contribution in [2.45, 2.75) is 32.2 Å². The smallest absolute Gasteiger partial charge is 0.162 e. The maximum absolute atomic E-state index is 13.0. The van der Waals surface area contributed by atoms with Gasteiger partial charge in [0.15, 0.2) is 5.78 Å². The topological polar surface area (TPSA) is 20.3 Å². The third-order valence-corrected chi connectivity index (χ3v) is 4.83. The lowest BCUT2D eigenvalue weighted by Gasteiger charge is -2.35. The first kappa shape index (κ1) is 20.3. The van der Waals surface area contributed by atoms with Crippen molar-refractivity contribution >= 4 is 18.2 Å². The van der Waals surface area contributed by atoms with Gasteiger partial charge in [0.1, 0.15) is 5.82 Å². The van der Waals surface area contributed by atoms with Crippen LogP contribution in [0.3, 0.4) is 0 Å². The molecule has 0 spiro atoms. The summed E-state index contributed by atoms with van der Waals surface area (Å²) < 4.78 is 13.0. The van der Waals surface area contributed by atoms with Gasteiger partial charge < -0.3 is 0 Å². The quantitative estimate of drug-likeness (QED) is 0.485. The number of carbonyl (C=O) groups excluding carboxylic acids is 1. The standard InChI is InChI=1S/C22H24FNO.ClH/c1-17-13-15-24(21(16-17)18-6-3-2-4-7-18)14-5-8-22(25)19-9-11-20(23)12-10-19;/h2-4,6-7,9-13,21H,5,8,14-16H2,1H3;1H. The molecule has 0 aliphatic carbocycles. The summed E-state index contributed by atoms with van der Waals surface area (Å²) in [6.45, 7) is 4.00. The fraction of sp³-hybridized carbons (Fsp3) is 0.318. The van der Waals surface area contributed by atoms with E-state index in [2.05, 4.69) is 42.2 Å². The van der Waals surface area contributed by atoms with Crippen LogP contribution < -0.4 is 0 Å². The highest BCUT2D eigenvalue weighted by atomic mass is 35.5. The van der Waals surface area contributed by atoms with E-state index < -0.39 is 0 Å². The number of rotatable bonds is 6. The number of carbonyl (C=O) groups is 1. The highest BCUT2D eigenvalue weighted by Crippen LogP contribution is 2.31. The van der Waals surface area contributed by atoms with Crippen LogP contribution in [0, 0.1) is 5.82 Å². The number of nitrogens with zero attached hydrogens (tertiary/aromatic N) is 1. The average Bonchev–Trinajstić information content (AvgIpc) is 2.64. The molecule has 0 N–H and O–H groups in total. The average molecular weight is 374 g/mol. The molecule has 0 amide bonds. The first-order valence-electron chi connectivity index (χ1n) is 8.87. The normalized spacial score (nSPS) is 17.3. The second kappa shape index (κ2) is 9.65. The van der Waals surface area contributed by atoms with E-state index >= 15 is 0 Å². The maximum Gasteiger partial charge on any atom is 0.162 e. The van der Waals surface area contributed by atoms with Gasteiger partial charge in [-0.3, -0.25) is 9.69 Å². The number of Topliss-reactive ketones (excluding diaryl/α,β-unsaturated/α-hetero) is 1. The summed E-state index contributed by atoms with van der Waals surface area (Å²) in [5.41, 5.74) is 3.35. The Kier molecular flexibility index (Phi) is 7.55. The van der Waals surface area contributed by atoms with Crippen molar-refractivity contribution < 1.29 is 9.18 Å². The third kappa shape index (κ3) is 5.26. The van der Waals surface area contributed by atoms with Crippen LogP contribution >= 0.6 is 12.4 Å². The van der Waals surface area contributed by atoms with Crippen molar-refractivity contribution in [3.05, 3.63) is 83.2 Å². The van der Waals surface area contributed by atoms with Gasteiger partial charge in [0.2, 0.25) is 0 Å². The molecule has 1 atom stereocenters. The molecule has 1 aliphatic rings. The summed E-state index contributed by atoms with van der Waals surface area (Å²) in [6, 6.07) is 16.8. The molecule has 0 radical (unpaired) electrons. The third-order valence-electron chi connectivity index (χ3n) is 4.83. The minimum atomic E-state index is -0.308. The monoisotopic (exact) mass is 373 g/mol. The fourth-order valence-electron chi connectivity index (χ4n) is 3.39. The SMILES string of the molecule is CC1=CCN(CCCC(=O)c2ccc(F)cc2)C(c2ccccc2)C1.Cl. The van der Waals surface area contributed by atoms with E-state index in [1.807, 2.05) is 6.07 Å². The zero-order chi connectivity index (χ0) is 17.6. The Morgan fingerprint density at radius 3 is 2.50 bits per heavy atom. The summed E-state index contributed by atoms with van der Waals surface area (Å²) in [6.07, 6.45) is 4.62. The van der Waals surface area contributed by atoms with Gasteiger partial charge in [0.05, 0.1) is 0 Å². The van der Waals surface area contributed by atoms with Crippen LogP contribution in [0.1, 0.15) is 48.1 Å². The Hall–Kier alpha value is -1.97. The predicted molar refractivity (Wildman–Crippen MR) is 106 cm³/mol. The van der Waals surface area contributed by atoms with Gasteiger partial charge in [0.25, 0.3) is 0 Å². The van der Waals surface area contributed by atoms with E-state index in [-0.39, 0.29) is 24.0 Å². The molecule has 2 aromatic rings. The van der Waals surface area contributed by atoms with Crippen LogP contribution in [0.15, 0.2) is 66.2 Å². The molecule has 138 valence electrons. The second-order valence-corrected chi connectivity index (χ2v) is 6.71. The molecule has 0 aromatic heterocycles. The minimum Gasteiger partial charge on any atom is -0.294 e. The van der Waals surface area contributed by atoms with E-state index in [0.717, 1.165) is 25.9 Å². The van der Waals surface area contributed by atoms with Gasteiger partial charge in [0, 0.05) is 24.6 Å². The number of benzene rings is 2. The summed E-state index contributed by atoms with van der Waals surface area (Å²) in [5, 5.41) is 0. The Morgan fingerprint density at radius 2 is 1.81 bits per heavy atom. The van der Waals surface area contributed by atoms with Crippen molar-refractivity contribution in [3.63, 3.8) is 0 Å². The molecule has 4 heteroatoms. The Morgan fingerprint density at radius 1 is 1.12 bits per heavy atom. The molecule has 1 heterocycles. The van der Waals surface area contributed by atoms with Crippen LogP contribution in [-0.4, -0.2) is 23.8 Å². The van der Waals surface area contributed by atoms with Gasteiger partial charge in [-0.15, -0.1) is 12.4 Å². The van der Waals surface area contributed by atoms with Gasteiger partial charge in [-0.25, -0.2) is 4.39 Å². The van der Waals surface area contributed by atoms with Crippen molar-refractivity contribution in [2.75, 3.05) is 13.1 Å². The van der Waals surface area contributed by atoms with Gasteiger partial charge in [-0.2, -0.15) is 0 Å². The molecule has 0 saturated heterocycles. The lowest BCUT2D eigenvalue weighted by molar-refractivity contribution is 0.0970. The number of hydrogen-bond donors (Lipinski definition) is 0. The van der Waals surface area contributed by atoms with Gasteiger partial charge >= 0.3 is 0 Å². The first-order valence-corrected chi connectivity index (χ1v) is 8.87. The first-order chi connectivity index (χ1) is 12.1. The van der Waals surface area contributed by atoms with Crippen LogP contribution in [0.4, 0.5) is 4.39 Å². The molecule has 26 heavy (non-hydrogen) atoms. The Bertz CT molecular complexity index is 742. The molecule has 1 aliphatic heterocycles. The van der Waals surface area contributed by atoms with Crippen molar-refractivity contribution in [1.29, 1.82) is 0 Å². The Labute approximate surface area is 161 Å². The molecular formula is C22H25ClFNO. The molecule has 0 fully saturated rings. The predicted octanol–water partition coefficient (Wildman–Crippen LogP) is 5.60. The summed E-state index contributed by atoms with van der Waals surface area (Å²) in [7, 11) is 0. The lowest BCUT2D eigenvalue weighted by atomic mass is 9.94. The van der Waals surface area contributed by atoms with E-state index in [4.69, 9.17) is 0 Å². The Balaban J connectivity index is 0.00000243. The second-order valence-electron chi connectivity index (χ2n) is 6.71. The largest absolute Gasteiger partial charge is 0.294 e. The summed E-state index contributed by atoms with van der Waals surface area (Å²) >= 11 is 0. The fourth-order valence-corrected chi connectivity index (χ4v) is 3.39. The zero-order valence-electron chi connectivity index (χ0n) is 15.0. The molecule has 2 aromatic carbocycles. The number of halogens is 2. The van der Waals surface area contributed by atoms with Crippen LogP contribution in [-0.2, 0) is 0 Å². The molecule has 1 unspecified atom stereocenters. The van der Waals surface area contributed by atoms with E-state index in [1.54, 1.807) is 12.1 Å². The molecule has 2 nitrogen and oxygen atoms in total. The van der Waals surface area contributed by atoms with Crippen molar-refractivity contribution in [3.8, 4) is 0 Å². The van der Waals surface area contributed by atoms with Crippen LogP contribution in [0.25, 0.3) is 0 Å². The molecule has 3 rings (SSSR count). The van der Waals surface area contributed by atoms with Crippen molar-refractivity contribution in [1.82, 2.24) is 4.90 Å². The minimum absolute atomic E-state index is 0. The maximum atomic E-state index is 13.0. The number of ketones is 1. The van der Waals surface area contributed by atoms with Gasteiger partial charge in [-0.1, -0.05) is 42.0 Å². The molecule has 0 saturated carbocycles.